The predicted octanol–water partition coefficient (Wildman–Crippen LogP) is 0.955. The fraction of sp³-hybridized carbons (Fsp3) is 0.571. The van der Waals surface area contributed by atoms with Gasteiger partial charge in [-0.05, 0) is 26.8 Å². The fourth-order valence-electron chi connectivity index (χ4n) is 2.21. The molecular weight excluding hydrogens is 260 g/mol. The van der Waals surface area contributed by atoms with Crippen molar-refractivity contribution in [2.75, 3.05) is 26.2 Å². The number of carbonyl (C=O) groups is 2. The Bertz CT molecular complexity index is 507. The van der Waals surface area contributed by atoms with Gasteiger partial charge in [0.05, 0.1) is 30.6 Å². The zero-order valence-corrected chi connectivity index (χ0v) is 12.1. The Labute approximate surface area is 118 Å². The highest BCUT2D eigenvalue weighted by molar-refractivity contribution is 5.97. The van der Waals surface area contributed by atoms with Gasteiger partial charge >= 0.3 is 0 Å². The summed E-state index contributed by atoms with van der Waals surface area (Å²) in [5, 5.41) is 2.62. The topological polar surface area (TPSA) is 71.8 Å². The van der Waals surface area contributed by atoms with Gasteiger partial charge in [-0.3, -0.25) is 9.59 Å². The molecule has 1 N–H and O–H groups in total. The van der Waals surface area contributed by atoms with Crippen LogP contribution in [0.2, 0.25) is 0 Å². The SMILES string of the molecule is Cc1occc1C(=O)NCC(=O)N1CCOC(C)(C)C1. The summed E-state index contributed by atoms with van der Waals surface area (Å²) < 4.78 is 10.6. The molecule has 0 radical (unpaired) electrons. The molecule has 6 nitrogen and oxygen atoms in total. The van der Waals surface area contributed by atoms with Gasteiger partial charge in [0.2, 0.25) is 5.91 Å². The van der Waals surface area contributed by atoms with Gasteiger partial charge in [0.1, 0.15) is 5.76 Å². The third-order valence-corrected chi connectivity index (χ3v) is 3.28. The molecule has 20 heavy (non-hydrogen) atoms. The molecule has 0 aromatic carbocycles. The molecular formula is C14H20N2O4. The first-order valence-corrected chi connectivity index (χ1v) is 6.63. The molecule has 2 heterocycles. The lowest BCUT2D eigenvalue weighted by Gasteiger charge is -2.38. The minimum atomic E-state index is -0.334. The number of hydrogen-bond acceptors (Lipinski definition) is 4. The van der Waals surface area contributed by atoms with E-state index >= 15 is 0 Å². The molecule has 0 saturated carbocycles. The van der Waals surface area contributed by atoms with Crippen LogP contribution in [0.15, 0.2) is 16.7 Å². The molecule has 1 aliphatic heterocycles. The molecule has 2 amide bonds. The molecule has 1 saturated heterocycles. The Morgan fingerprint density at radius 3 is 2.80 bits per heavy atom. The molecule has 1 aliphatic rings. The van der Waals surface area contributed by atoms with Gasteiger partial charge in [-0.25, -0.2) is 0 Å². The van der Waals surface area contributed by atoms with Gasteiger partial charge in [-0.1, -0.05) is 0 Å². The first kappa shape index (κ1) is 14.6. The summed E-state index contributed by atoms with van der Waals surface area (Å²) in [5.41, 5.74) is 0.124. The number of nitrogens with zero attached hydrogens (tertiary/aromatic N) is 1. The van der Waals surface area contributed by atoms with E-state index in [1.54, 1.807) is 17.9 Å². The summed E-state index contributed by atoms with van der Waals surface area (Å²) in [7, 11) is 0. The zero-order valence-electron chi connectivity index (χ0n) is 12.1. The fourth-order valence-corrected chi connectivity index (χ4v) is 2.21. The molecule has 0 atom stereocenters. The highest BCUT2D eigenvalue weighted by Gasteiger charge is 2.29. The van der Waals surface area contributed by atoms with Crippen molar-refractivity contribution in [3.63, 3.8) is 0 Å². The summed E-state index contributed by atoms with van der Waals surface area (Å²) in [6.45, 7) is 7.20. The summed E-state index contributed by atoms with van der Waals surface area (Å²) in [6, 6.07) is 1.59. The van der Waals surface area contributed by atoms with Crippen LogP contribution in [-0.2, 0) is 9.53 Å². The molecule has 6 heteroatoms. The maximum Gasteiger partial charge on any atom is 0.255 e. The maximum absolute atomic E-state index is 12.1. The first-order chi connectivity index (χ1) is 9.39. The van der Waals surface area contributed by atoms with Crippen molar-refractivity contribution in [1.29, 1.82) is 0 Å². The molecule has 110 valence electrons. The number of rotatable bonds is 3. The van der Waals surface area contributed by atoms with Crippen LogP contribution in [0.25, 0.3) is 0 Å². The quantitative estimate of drug-likeness (QED) is 0.895. The van der Waals surface area contributed by atoms with Crippen LogP contribution in [-0.4, -0.2) is 48.6 Å². The van der Waals surface area contributed by atoms with Crippen molar-refractivity contribution in [2.24, 2.45) is 0 Å². The normalized spacial score (nSPS) is 17.9. The highest BCUT2D eigenvalue weighted by Crippen LogP contribution is 2.16. The number of nitrogens with one attached hydrogen (secondary N) is 1. The van der Waals surface area contributed by atoms with Crippen molar-refractivity contribution in [3.8, 4) is 0 Å². The number of ether oxygens (including phenoxy) is 1. The van der Waals surface area contributed by atoms with Crippen molar-refractivity contribution < 1.29 is 18.7 Å². The van der Waals surface area contributed by atoms with Crippen LogP contribution in [0, 0.1) is 6.92 Å². The number of morpholine rings is 1. The Morgan fingerprint density at radius 1 is 1.45 bits per heavy atom. The summed E-state index contributed by atoms with van der Waals surface area (Å²) >= 11 is 0. The number of carbonyl (C=O) groups excluding carboxylic acids is 2. The van der Waals surface area contributed by atoms with Crippen LogP contribution >= 0.6 is 0 Å². The summed E-state index contributed by atoms with van der Waals surface area (Å²) in [6.07, 6.45) is 1.45. The number of amides is 2. The van der Waals surface area contributed by atoms with E-state index in [2.05, 4.69) is 5.32 Å². The van der Waals surface area contributed by atoms with E-state index in [0.29, 0.717) is 31.0 Å². The Balaban J connectivity index is 1.86. The van der Waals surface area contributed by atoms with Gasteiger partial charge in [-0.15, -0.1) is 0 Å². The van der Waals surface area contributed by atoms with Crippen molar-refractivity contribution in [1.82, 2.24) is 10.2 Å². The Hall–Kier alpha value is -1.82. The lowest BCUT2D eigenvalue weighted by Crippen LogP contribution is -2.52. The van der Waals surface area contributed by atoms with Crippen LogP contribution in [0.5, 0.6) is 0 Å². The summed E-state index contributed by atoms with van der Waals surface area (Å²) in [5.74, 6) is 0.149. The molecule has 0 aliphatic carbocycles. The van der Waals surface area contributed by atoms with Crippen LogP contribution in [0.3, 0.4) is 0 Å². The zero-order chi connectivity index (χ0) is 14.8. The number of hydrogen-bond donors (Lipinski definition) is 1. The van der Waals surface area contributed by atoms with E-state index in [0.717, 1.165) is 0 Å². The van der Waals surface area contributed by atoms with Gasteiger partial charge in [0.15, 0.2) is 0 Å². The molecule has 0 unspecified atom stereocenters. The van der Waals surface area contributed by atoms with Crippen molar-refractivity contribution in [2.45, 2.75) is 26.4 Å². The van der Waals surface area contributed by atoms with E-state index < -0.39 is 0 Å². The van der Waals surface area contributed by atoms with E-state index in [9.17, 15) is 9.59 Å². The molecule has 1 aromatic heterocycles. The highest BCUT2D eigenvalue weighted by atomic mass is 16.5. The van der Waals surface area contributed by atoms with E-state index in [1.807, 2.05) is 13.8 Å². The van der Waals surface area contributed by atoms with Crippen LogP contribution in [0.4, 0.5) is 0 Å². The second-order valence-electron chi connectivity index (χ2n) is 5.50. The van der Waals surface area contributed by atoms with E-state index in [1.165, 1.54) is 6.26 Å². The van der Waals surface area contributed by atoms with Crippen molar-refractivity contribution in [3.05, 3.63) is 23.7 Å². The smallest absolute Gasteiger partial charge is 0.255 e. The Kier molecular flexibility index (Phi) is 4.13. The molecule has 0 bridgehead atoms. The third-order valence-electron chi connectivity index (χ3n) is 3.28. The van der Waals surface area contributed by atoms with Gasteiger partial charge in [0.25, 0.3) is 5.91 Å². The lowest BCUT2D eigenvalue weighted by molar-refractivity contribution is -0.144. The van der Waals surface area contributed by atoms with Crippen LogP contribution < -0.4 is 5.32 Å². The second-order valence-corrected chi connectivity index (χ2v) is 5.50. The number of furan rings is 1. The van der Waals surface area contributed by atoms with E-state index in [-0.39, 0.29) is 24.0 Å². The third kappa shape index (κ3) is 3.39. The molecule has 2 rings (SSSR count). The van der Waals surface area contributed by atoms with Crippen LogP contribution in [0.1, 0.15) is 30.0 Å². The molecule has 1 aromatic rings. The Morgan fingerprint density at radius 2 is 2.20 bits per heavy atom. The van der Waals surface area contributed by atoms with Gasteiger partial charge in [0, 0.05) is 13.1 Å². The maximum atomic E-state index is 12.1. The first-order valence-electron chi connectivity index (χ1n) is 6.63. The largest absolute Gasteiger partial charge is 0.469 e. The predicted molar refractivity (Wildman–Crippen MR) is 72.4 cm³/mol. The minimum absolute atomic E-state index is 0.0144. The average Bonchev–Trinajstić information content (AvgIpc) is 2.80. The number of aryl methyl sites for hydroxylation is 1. The van der Waals surface area contributed by atoms with Gasteiger partial charge < -0.3 is 19.4 Å². The second kappa shape index (κ2) is 5.66. The van der Waals surface area contributed by atoms with E-state index in [4.69, 9.17) is 9.15 Å². The summed E-state index contributed by atoms with van der Waals surface area (Å²) in [4.78, 5) is 25.7. The standard InChI is InChI=1S/C14H20N2O4/c1-10-11(4-6-19-10)13(18)15-8-12(17)16-5-7-20-14(2,3)9-16/h4,6H,5,7-9H2,1-3H3,(H,15,18). The average molecular weight is 280 g/mol. The molecule has 1 fully saturated rings. The minimum Gasteiger partial charge on any atom is -0.469 e. The van der Waals surface area contributed by atoms with Crippen molar-refractivity contribution >= 4 is 11.8 Å². The molecule has 0 spiro atoms. The lowest BCUT2D eigenvalue weighted by atomic mass is 10.1. The monoisotopic (exact) mass is 280 g/mol. The van der Waals surface area contributed by atoms with Gasteiger partial charge in [-0.2, -0.15) is 0 Å².